The maximum absolute atomic E-state index is 12.8. The van der Waals surface area contributed by atoms with E-state index in [0.717, 1.165) is 30.6 Å². The van der Waals surface area contributed by atoms with Gasteiger partial charge >= 0.3 is 5.97 Å². The number of carbonyl (C=O) groups is 1. The van der Waals surface area contributed by atoms with E-state index < -0.39 is 0 Å². The van der Waals surface area contributed by atoms with E-state index in [1.165, 1.54) is 11.3 Å². The number of hydrogen-bond acceptors (Lipinski definition) is 4. The maximum atomic E-state index is 12.8. The van der Waals surface area contributed by atoms with Crippen molar-refractivity contribution in [2.75, 3.05) is 17.2 Å². The highest BCUT2D eigenvalue weighted by atomic mass is 79.9. The van der Waals surface area contributed by atoms with Crippen molar-refractivity contribution in [2.24, 2.45) is 0 Å². The zero-order valence-electron chi connectivity index (χ0n) is 15.7. The third-order valence-electron chi connectivity index (χ3n) is 4.03. The summed E-state index contributed by atoms with van der Waals surface area (Å²) in [6.07, 6.45) is 0. The molecule has 0 saturated carbocycles. The molecule has 1 heterocycles. The van der Waals surface area contributed by atoms with E-state index >= 15 is 0 Å². The van der Waals surface area contributed by atoms with Crippen LogP contribution in [0.5, 0.6) is 0 Å². The first-order valence-corrected chi connectivity index (χ1v) is 11.6. The molecular formula is C21H18Br2N2O2S2. The number of anilines is 2. The average molecular weight is 554 g/mol. The summed E-state index contributed by atoms with van der Waals surface area (Å²) < 4.78 is 7.16. The standard InChI is InChI=1S/C21H18Br2N2O2S2/c1-3-27-20(26)18-17(13-7-5-4-6-8-13)12(2)29-19(18)25-21(28)24-16-10-9-14(22)11-15(16)23/h4-11H,3H2,1-2H3,(H2,24,25,28). The molecule has 0 fully saturated rings. The second-order valence-corrected chi connectivity index (χ2v) is 9.43. The summed E-state index contributed by atoms with van der Waals surface area (Å²) in [4.78, 5) is 13.8. The highest BCUT2D eigenvalue weighted by molar-refractivity contribution is 9.11. The number of esters is 1. The summed E-state index contributed by atoms with van der Waals surface area (Å²) >= 11 is 13.9. The van der Waals surface area contributed by atoms with Crippen LogP contribution < -0.4 is 10.6 Å². The highest BCUT2D eigenvalue weighted by Crippen LogP contribution is 2.40. The molecule has 3 rings (SSSR count). The molecule has 0 aliphatic rings. The minimum absolute atomic E-state index is 0.302. The summed E-state index contributed by atoms with van der Waals surface area (Å²) in [5, 5.41) is 7.38. The lowest BCUT2D eigenvalue weighted by Crippen LogP contribution is -2.20. The van der Waals surface area contributed by atoms with Crippen molar-refractivity contribution >= 4 is 77.2 Å². The van der Waals surface area contributed by atoms with Crippen LogP contribution in [0.3, 0.4) is 0 Å². The molecule has 4 nitrogen and oxygen atoms in total. The molecular weight excluding hydrogens is 536 g/mol. The first-order chi connectivity index (χ1) is 13.9. The smallest absolute Gasteiger partial charge is 0.341 e. The van der Waals surface area contributed by atoms with E-state index in [1.807, 2.05) is 55.5 Å². The van der Waals surface area contributed by atoms with Gasteiger partial charge in [-0.2, -0.15) is 0 Å². The molecule has 0 atom stereocenters. The molecule has 0 aliphatic heterocycles. The molecule has 0 bridgehead atoms. The molecule has 8 heteroatoms. The molecule has 2 N–H and O–H groups in total. The lowest BCUT2D eigenvalue weighted by molar-refractivity contribution is 0.0529. The average Bonchev–Trinajstić information content (AvgIpc) is 3.00. The van der Waals surface area contributed by atoms with Gasteiger partial charge in [-0.3, -0.25) is 0 Å². The number of thiophene rings is 1. The third-order valence-corrected chi connectivity index (χ3v) is 6.41. The Bertz CT molecular complexity index is 1050. The molecule has 0 amide bonds. The Morgan fingerprint density at radius 1 is 1.14 bits per heavy atom. The molecule has 0 radical (unpaired) electrons. The Kier molecular flexibility index (Phi) is 7.45. The van der Waals surface area contributed by atoms with Gasteiger partial charge in [0.05, 0.1) is 12.3 Å². The summed E-state index contributed by atoms with van der Waals surface area (Å²) in [5.74, 6) is -0.370. The van der Waals surface area contributed by atoms with Crippen molar-refractivity contribution in [3.05, 3.63) is 67.9 Å². The Balaban J connectivity index is 1.94. The number of benzene rings is 2. The first-order valence-electron chi connectivity index (χ1n) is 8.79. The zero-order valence-corrected chi connectivity index (χ0v) is 20.5. The SMILES string of the molecule is CCOC(=O)c1c(NC(=S)Nc2ccc(Br)cc2Br)sc(C)c1-c1ccccc1. The van der Waals surface area contributed by atoms with Gasteiger partial charge in [0.25, 0.3) is 0 Å². The van der Waals surface area contributed by atoms with Crippen LogP contribution in [0, 0.1) is 6.92 Å². The summed E-state index contributed by atoms with van der Waals surface area (Å²) in [6.45, 7) is 4.09. The molecule has 29 heavy (non-hydrogen) atoms. The van der Waals surface area contributed by atoms with Crippen LogP contribution in [0.15, 0.2) is 57.5 Å². The van der Waals surface area contributed by atoms with Crippen molar-refractivity contribution < 1.29 is 9.53 Å². The van der Waals surface area contributed by atoms with Gasteiger partial charge in [0.15, 0.2) is 5.11 Å². The zero-order chi connectivity index (χ0) is 21.0. The number of aryl methyl sites for hydroxylation is 1. The minimum Gasteiger partial charge on any atom is -0.462 e. The molecule has 0 unspecified atom stereocenters. The van der Waals surface area contributed by atoms with Gasteiger partial charge < -0.3 is 15.4 Å². The Hall–Kier alpha value is -1.74. The van der Waals surface area contributed by atoms with E-state index in [9.17, 15) is 4.79 Å². The van der Waals surface area contributed by atoms with Crippen molar-refractivity contribution in [3.8, 4) is 11.1 Å². The quantitative estimate of drug-likeness (QED) is 0.258. The Morgan fingerprint density at radius 3 is 2.52 bits per heavy atom. The lowest BCUT2D eigenvalue weighted by Gasteiger charge is -2.13. The van der Waals surface area contributed by atoms with Crippen molar-refractivity contribution in [3.63, 3.8) is 0 Å². The van der Waals surface area contributed by atoms with E-state index in [-0.39, 0.29) is 5.97 Å². The largest absolute Gasteiger partial charge is 0.462 e. The van der Waals surface area contributed by atoms with Gasteiger partial charge in [-0.1, -0.05) is 46.3 Å². The Labute approximate surface area is 195 Å². The number of hydrogen-bond donors (Lipinski definition) is 2. The fourth-order valence-corrected chi connectivity index (χ4v) is 5.32. The van der Waals surface area contributed by atoms with Crippen molar-refractivity contribution in [2.45, 2.75) is 13.8 Å². The van der Waals surface area contributed by atoms with Crippen LogP contribution in [0.4, 0.5) is 10.7 Å². The molecule has 150 valence electrons. The first kappa shape index (κ1) is 22.0. The number of nitrogens with one attached hydrogen (secondary N) is 2. The molecule has 3 aromatic rings. The van der Waals surface area contributed by atoms with Crippen LogP contribution in [-0.4, -0.2) is 17.7 Å². The second-order valence-electron chi connectivity index (χ2n) is 6.03. The Morgan fingerprint density at radius 2 is 1.86 bits per heavy atom. The summed E-state index contributed by atoms with van der Waals surface area (Å²) in [5.41, 5.74) is 3.15. The minimum atomic E-state index is -0.370. The van der Waals surface area contributed by atoms with Gasteiger partial charge in [0.1, 0.15) is 10.6 Å². The van der Waals surface area contributed by atoms with Gasteiger partial charge in [0.2, 0.25) is 0 Å². The van der Waals surface area contributed by atoms with Crippen LogP contribution in [-0.2, 0) is 4.74 Å². The number of thiocarbonyl (C=S) groups is 1. The molecule has 1 aromatic heterocycles. The van der Waals surface area contributed by atoms with Crippen LogP contribution >= 0.6 is 55.4 Å². The molecule has 2 aromatic carbocycles. The number of halogens is 2. The molecule has 0 aliphatic carbocycles. The van der Waals surface area contributed by atoms with Crippen LogP contribution in [0.1, 0.15) is 22.2 Å². The van der Waals surface area contributed by atoms with E-state index in [0.29, 0.717) is 22.3 Å². The summed E-state index contributed by atoms with van der Waals surface area (Å²) in [7, 11) is 0. The predicted octanol–water partition coefficient (Wildman–Crippen LogP) is 7.23. The maximum Gasteiger partial charge on any atom is 0.341 e. The second kappa shape index (κ2) is 9.84. The number of carbonyl (C=O) groups excluding carboxylic acids is 1. The predicted molar refractivity (Wildman–Crippen MR) is 132 cm³/mol. The van der Waals surface area contributed by atoms with Gasteiger partial charge in [-0.15, -0.1) is 11.3 Å². The summed E-state index contributed by atoms with van der Waals surface area (Å²) in [6, 6.07) is 15.6. The van der Waals surface area contributed by atoms with Crippen LogP contribution in [0.2, 0.25) is 0 Å². The van der Waals surface area contributed by atoms with E-state index in [1.54, 1.807) is 6.92 Å². The van der Waals surface area contributed by atoms with E-state index in [4.69, 9.17) is 17.0 Å². The molecule has 0 spiro atoms. The van der Waals surface area contributed by atoms with Gasteiger partial charge in [0, 0.05) is 19.4 Å². The van der Waals surface area contributed by atoms with Gasteiger partial charge in [-0.05, 0) is 65.8 Å². The third kappa shape index (κ3) is 5.25. The van der Waals surface area contributed by atoms with Gasteiger partial charge in [-0.25, -0.2) is 4.79 Å². The van der Waals surface area contributed by atoms with Crippen LogP contribution in [0.25, 0.3) is 11.1 Å². The van der Waals surface area contributed by atoms with Crippen molar-refractivity contribution in [1.82, 2.24) is 0 Å². The number of rotatable bonds is 5. The fraction of sp³-hybridized carbons (Fsp3) is 0.143. The topological polar surface area (TPSA) is 50.4 Å². The molecule has 0 saturated heterocycles. The lowest BCUT2D eigenvalue weighted by atomic mass is 10.0. The van der Waals surface area contributed by atoms with E-state index in [2.05, 4.69) is 42.5 Å². The normalized spacial score (nSPS) is 10.5. The van der Waals surface area contributed by atoms with Crippen molar-refractivity contribution in [1.29, 1.82) is 0 Å². The fourth-order valence-electron chi connectivity index (χ4n) is 2.83. The monoisotopic (exact) mass is 552 g/mol. The highest BCUT2D eigenvalue weighted by Gasteiger charge is 2.25. The number of ether oxygens (including phenoxy) is 1.